The molecule has 2 aromatic rings. The molecule has 0 saturated heterocycles. The molecule has 1 heterocycles. The Morgan fingerprint density at radius 3 is 2.68 bits per heavy atom. The molecule has 7 nitrogen and oxygen atoms in total. The van der Waals surface area contributed by atoms with Crippen LogP contribution in [0.5, 0.6) is 0 Å². The number of benzene rings is 1. The fourth-order valence-electron chi connectivity index (χ4n) is 1.52. The first-order valence-corrected chi connectivity index (χ1v) is 6.72. The van der Waals surface area contributed by atoms with Crippen molar-refractivity contribution in [3.63, 3.8) is 0 Å². The van der Waals surface area contributed by atoms with Gasteiger partial charge in [0.15, 0.2) is 0 Å². The number of nitrogen functional groups attached to an aromatic ring is 1. The van der Waals surface area contributed by atoms with Crippen LogP contribution >= 0.6 is 0 Å². The summed E-state index contributed by atoms with van der Waals surface area (Å²) < 4.78 is 41.4. The molecule has 0 fully saturated rings. The molecule has 1 aromatic heterocycles. The number of hydrogen-bond acceptors (Lipinski definition) is 5. The van der Waals surface area contributed by atoms with E-state index in [2.05, 4.69) is 14.8 Å². The largest absolute Gasteiger partial charge is 0.399 e. The average Bonchev–Trinajstić information content (AvgIpc) is 2.69. The van der Waals surface area contributed by atoms with E-state index < -0.39 is 20.7 Å². The van der Waals surface area contributed by atoms with Crippen molar-refractivity contribution in [2.75, 3.05) is 10.5 Å². The highest BCUT2D eigenvalue weighted by molar-refractivity contribution is 7.92. The lowest BCUT2D eigenvalue weighted by Gasteiger charge is -2.10. The first kappa shape index (κ1) is 13.3. The van der Waals surface area contributed by atoms with Gasteiger partial charge in [0, 0.05) is 12.7 Å². The molecular weight excluding hydrogens is 273 g/mol. The summed E-state index contributed by atoms with van der Waals surface area (Å²) in [4.78, 5) is 3.19. The molecule has 0 aliphatic carbocycles. The van der Waals surface area contributed by atoms with Gasteiger partial charge < -0.3 is 5.73 Å². The number of nitrogens with two attached hydrogens (primary N) is 1. The molecule has 102 valence electrons. The smallest absolute Gasteiger partial charge is 0.267 e. The summed E-state index contributed by atoms with van der Waals surface area (Å²) in [6.07, 6.45) is 1.18. The first-order valence-electron chi connectivity index (χ1n) is 5.23. The minimum absolute atomic E-state index is 0.0144. The summed E-state index contributed by atoms with van der Waals surface area (Å²) in [6, 6.07) is 2.41. The molecule has 0 aliphatic heterocycles. The van der Waals surface area contributed by atoms with E-state index in [9.17, 15) is 12.8 Å². The van der Waals surface area contributed by atoms with E-state index in [1.54, 1.807) is 0 Å². The van der Waals surface area contributed by atoms with Crippen LogP contribution in [-0.4, -0.2) is 23.2 Å². The number of sulfonamides is 1. The normalized spacial score (nSPS) is 11.5. The fourth-order valence-corrected chi connectivity index (χ4v) is 2.75. The second-order valence-corrected chi connectivity index (χ2v) is 5.61. The highest BCUT2D eigenvalue weighted by Gasteiger charge is 2.22. The summed E-state index contributed by atoms with van der Waals surface area (Å²) in [7, 11) is -2.60. The van der Waals surface area contributed by atoms with Crippen LogP contribution in [0.2, 0.25) is 0 Å². The van der Waals surface area contributed by atoms with Crippen LogP contribution in [0.4, 0.5) is 16.0 Å². The van der Waals surface area contributed by atoms with Crippen molar-refractivity contribution in [2.24, 2.45) is 7.05 Å². The van der Waals surface area contributed by atoms with Gasteiger partial charge in [0.05, 0.1) is 0 Å². The minimum atomic E-state index is -4.11. The Hall–Kier alpha value is -2.16. The lowest BCUT2D eigenvalue weighted by molar-refractivity contribution is 0.565. The summed E-state index contributed by atoms with van der Waals surface area (Å²) in [6.45, 7) is 1.44. The van der Waals surface area contributed by atoms with Gasteiger partial charge in [-0.25, -0.2) is 22.2 Å². The predicted molar refractivity (Wildman–Crippen MR) is 67.4 cm³/mol. The van der Waals surface area contributed by atoms with Crippen LogP contribution in [-0.2, 0) is 17.1 Å². The van der Waals surface area contributed by atoms with E-state index >= 15 is 0 Å². The van der Waals surface area contributed by atoms with Crippen molar-refractivity contribution >= 4 is 21.7 Å². The van der Waals surface area contributed by atoms with Crippen LogP contribution in [0.25, 0.3) is 0 Å². The number of aryl methyl sites for hydroxylation is 2. The highest BCUT2D eigenvalue weighted by atomic mass is 32.2. The van der Waals surface area contributed by atoms with Gasteiger partial charge in [-0.15, -0.1) is 0 Å². The van der Waals surface area contributed by atoms with Gasteiger partial charge in [0.1, 0.15) is 17.0 Å². The molecule has 3 N–H and O–H groups in total. The topological polar surface area (TPSA) is 103 Å². The third-order valence-electron chi connectivity index (χ3n) is 2.47. The molecule has 2 rings (SSSR count). The van der Waals surface area contributed by atoms with Crippen LogP contribution in [0, 0.1) is 12.7 Å². The van der Waals surface area contributed by atoms with Crippen LogP contribution in [0.3, 0.4) is 0 Å². The molecule has 0 aliphatic rings. The Balaban J connectivity index is 2.49. The number of aromatic nitrogens is 3. The fraction of sp³-hybridized carbons (Fsp3) is 0.200. The summed E-state index contributed by atoms with van der Waals surface area (Å²) in [5.41, 5.74) is 5.85. The van der Waals surface area contributed by atoms with Gasteiger partial charge in [0.2, 0.25) is 5.95 Å². The van der Waals surface area contributed by atoms with E-state index in [4.69, 9.17) is 5.73 Å². The third kappa shape index (κ3) is 2.50. The monoisotopic (exact) mass is 285 g/mol. The van der Waals surface area contributed by atoms with Crippen molar-refractivity contribution in [1.29, 1.82) is 0 Å². The number of anilines is 2. The Kier molecular flexibility index (Phi) is 3.14. The number of nitrogens with zero attached hydrogens (tertiary/aromatic N) is 3. The SMILES string of the molecule is Cc1cc(N)cc(S(=O)(=O)Nc2ncnn2C)c1F. The zero-order chi connectivity index (χ0) is 14.2. The molecule has 19 heavy (non-hydrogen) atoms. The van der Waals surface area contributed by atoms with E-state index in [0.29, 0.717) is 0 Å². The molecule has 0 unspecified atom stereocenters. The maximum absolute atomic E-state index is 13.9. The lowest BCUT2D eigenvalue weighted by atomic mass is 10.2. The lowest BCUT2D eigenvalue weighted by Crippen LogP contribution is -2.18. The Morgan fingerprint density at radius 2 is 2.11 bits per heavy atom. The molecule has 0 radical (unpaired) electrons. The van der Waals surface area contributed by atoms with Gasteiger partial charge in [-0.05, 0) is 24.6 Å². The van der Waals surface area contributed by atoms with Crippen LogP contribution < -0.4 is 10.5 Å². The van der Waals surface area contributed by atoms with E-state index in [1.807, 2.05) is 0 Å². The van der Waals surface area contributed by atoms with Gasteiger partial charge >= 0.3 is 0 Å². The van der Waals surface area contributed by atoms with E-state index in [0.717, 1.165) is 6.07 Å². The van der Waals surface area contributed by atoms with Crippen molar-refractivity contribution < 1.29 is 12.8 Å². The standard InChI is InChI=1S/C10H12FN5O2S/c1-6-3-7(12)4-8(9(6)11)19(17,18)15-10-13-5-14-16(10)2/h3-5H,12H2,1-2H3,(H,13,14,15). The molecule has 9 heteroatoms. The molecule has 0 amide bonds. The number of hydrogen-bond donors (Lipinski definition) is 2. The summed E-state index contributed by atoms with van der Waals surface area (Å²) >= 11 is 0. The van der Waals surface area contributed by atoms with Crippen molar-refractivity contribution in [3.8, 4) is 0 Å². The molecule has 0 spiro atoms. The zero-order valence-corrected chi connectivity index (χ0v) is 11.1. The molecule has 1 aromatic carbocycles. The average molecular weight is 285 g/mol. The number of nitrogens with one attached hydrogen (secondary N) is 1. The minimum Gasteiger partial charge on any atom is -0.399 e. The molecule has 0 saturated carbocycles. The van der Waals surface area contributed by atoms with Gasteiger partial charge in [-0.3, -0.25) is 0 Å². The maximum Gasteiger partial charge on any atom is 0.267 e. The molecule has 0 atom stereocenters. The van der Waals surface area contributed by atoms with E-state index in [1.165, 1.54) is 31.0 Å². The summed E-state index contributed by atoms with van der Waals surface area (Å²) in [5, 5.41) is 3.71. The quantitative estimate of drug-likeness (QED) is 0.806. The third-order valence-corrected chi connectivity index (χ3v) is 3.80. The van der Waals surface area contributed by atoms with Gasteiger partial charge in [-0.1, -0.05) is 0 Å². The van der Waals surface area contributed by atoms with Gasteiger partial charge in [0.25, 0.3) is 10.0 Å². The first-order chi connectivity index (χ1) is 8.81. The van der Waals surface area contributed by atoms with Crippen molar-refractivity contribution in [2.45, 2.75) is 11.8 Å². The maximum atomic E-state index is 13.9. The van der Waals surface area contributed by atoms with Crippen molar-refractivity contribution in [3.05, 3.63) is 29.8 Å². The second kappa shape index (κ2) is 4.50. The van der Waals surface area contributed by atoms with E-state index in [-0.39, 0.29) is 17.2 Å². The summed E-state index contributed by atoms with van der Waals surface area (Å²) in [5.74, 6) is -0.858. The number of rotatable bonds is 3. The van der Waals surface area contributed by atoms with Gasteiger partial charge in [-0.2, -0.15) is 10.1 Å². The number of halogens is 1. The molecule has 0 bridgehead atoms. The highest BCUT2D eigenvalue weighted by Crippen LogP contribution is 2.23. The Morgan fingerprint density at radius 1 is 1.42 bits per heavy atom. The van der Waals surface area contributed by atoms with Crippen LogP contribution in [0.1, 0.15) is 5.56 Å². The van der Waals surface area contributed by atoms with Crippen molar-refractivity contribution in [1.82, 2.24) is 14.8 Å². The predicted octanol–water partition coefficient (Wildman–Crippen LogP) is 0.646. The Labute approximate surface area is 109 Å². The van der Waals surface area contributed by atoms with Crippen LogP contribution in [0.15, 0.2) is 23.4 Å². The molecular formula is C10H12FN5O2S. The second-order valence-electron chi connectivity index (χ2n) is 3.96. The Bertz CT molecular complexity index is 726. The zero-order valence-electron chi connectivity index (χ0n) is 10.3.